The van der Waals surface area contributed by atoms with Crippen molar-refractivity contribution in [2.24, 2.45) is 7.05 Å². The zero-order chi connectivity index (χ0) is 26.6. The third-order valence-electron chi connectivity index (χ3n) is 7.46. The molecule has 0 aliphatic carbocycles. The number of pyridine rings is 1. The molecule has 0 aliphatic heterocycles. The van der Waals surface area contributed by atoms with Gasteiger partial charge >= 0.3 is 0 Å². The standard InChI is InChI=1S/C34H23N5O/c1-38-19-18-36-33(38)27-11-7-10-26-25-16-15-23(34-37-29-13-2-3-14-31(29)40-34)21-30(25)39(32(26)27)24-9-6-8-22(20-24)28-12-4-5-17-35-28/h2-21H,1H3. The number of hydrogen-bond acceptors (Lipinski definition) is 4. The second kappa shape index (κ2) is 8.78. The summed E-state index contributed by atoms with van der Waals surface area (Å²) in [5.41, 5.74) is 8.80. The normalized spacial score (nSPS) is 11.6. The molecule has 8 rings (SSSR count). The number of para-hydroxylation sites is 3. The number of rotatable bonds is 4. The van der Waals surface area contributed by atoms with Gasteiger partial charge in [0.25, 0.3) is 0 Å². The van der Waals surface area contributed by atoms with Gasteiger partial charge in [-0.05, 0) is 54.6 Å². The van der Waals surface area contributed by atoms with Crippen molar-refractivity contribution in [2.45, 2.75) is 0 Å². The molecule has 0 unspecified atom stereocenters. The van der Waals surface area contributed by atoms with Gasteiger partial charge in [-0.3, -0.25) is 4.98 Å². The van der Waals surface area contributed by atoms with Crippen molar-refractivity contribution in [1.82, 2.24) is 24.1 Å². The Bertz CT molecular complexity index is 2150. The van der Waals surface area contributed by atoms with E-state index in [0.717, 1.165) is 66.8 Å². The van der Waals surface area contributed by atoms with E-state index in [9.17, 15) is 0 Å². The minimum atomic E-state index is 0.603. The van der Waals surface area contributed by atoms with Crippen molar-refractivity contribution < 1.29 is 4.42 Å². The number of hydrogen-bond donors (Lipinski definition) is 0. The molecular formula is C34H23N5O. The maximum Gasteiger partial charge on any atom is 0.227 e. The summed E-state index contributed by atoms with van der Waals surface area (Å²) in [6, 6.07) is 35.3. The van der Waals surface area contributed by atoms with Crippen LogP contribution < -0.4 is 0 Å². The maximum absolute atomic E-state index is 6.16. The highest BCUT2D eigenvalue weighted by atomic mass is 16.3. The van der Waals surface area contributed by atoms with Crippen LogP contribution in [0.1, 0.15) is 0 Å². The minimum absolute atomic E-state index is 0.603. The first-order valence-electron chi connectivity index (χ1n) is 13.2. The van der Waals surface area contributed by atoms with E-state index in [4.69, 9.17) is 14.4 Å². The van der Waals surface area contributed by atoms with Crippen LogP contribution in [0.5, 0.6) is 0 Å². The fourth-order valence-corrected chi connectivity index (χ4v) is 5.61. The molecule has 6 heteroatoms. The van der Waals surface area contributed by atoms with Crippen molar-refractivity contribution in [3.63, 3.8) is 0 Å². The quantitative estimate of drug-likeness (QED) is 0.237. The Morgan fingerprint density at radius 2 is 1.60 bits per heavy atom. The molecule has 0 fully saturated rings. The predicted molar refractivity (Wildman–Crippen MR) is 159 cm³/mol. The van der Waals surface area contributed by atoms with Crippen LogP contribution in [-0.2, 0) is 7.05 Å². The lowest BCUT2D eigenvalue weighted by atomic mass is 10.1. The fourth-order valence-electron chi connectivity index (χ4n) is 5.61. The number of imidazole rings is 1. The molecule has 0 N–H and O–H groups in total. The molecule has 0 radical (unpaired) electrons. The lowest BCUT2D eigenvalue weighted by Crippen LogP contribution is -1.99. The van der Waals surface area contributed by atoms with Gasteiger partial charge in [0.1, 0.15) is 11.3 Å². The van der Waals surface area contributed by atoms with Crippen molar-refractivity contribution in [3.05, 3.63) is 122 Å². The molecule has 4 aromatic carbocycles. The molecule has 0 saturated carbocycles. The lowest BCUT2D eigenvalue weighted by molar-refractivity contribution is 0.620. The van der Waals surface area contributed by atoms with Crippen molar-refractivity contribution in [1.29, 1.82) is 0 Å². The first kappa shape index (κ1) is 22.5. The highest BCUT2D eigenvalue weighted by Gasteiger charge is 2.20. The Labute approximate surface area is 229 Å². The second-order valence-electron chi connectivity index (χ2n) is 9.88. The Balaban J connectivity index is 1.45. The summed E-state index contributed by atoms with van der Waals surface area (Å²) in [6.07, 6.45) is 5.65. The van der Waals surface area contributed by atoms with E-state index in [1.807, 2.05) is 68.1 Å². The zero-order valence-electron chi connectivity index (χ0n) is 21.7. The van der Waals surface area contributed by atoms with E-state index < -0.39 is 0 Å². The predicted octanol–water partition coefficient (Wildman–Crippen LogP) is 8.05. The van der Waals surface area contributed by atoms with Crippen LogP contribution >= 0.6 is 0 Å². The van der Waals surface area contributed by atoms with E-state index in [1.54, 1.807) is 0 Å². The Kier molecular flexibility index (Phi) is 4.94. The van der Waals surface area contributed by atoms with E-state index in [-0.39, 0.29) is 0 Å². The SMILES string of the molecule is Cn1ccnc1-c1cccc2c3ccc(-c4nc5ccccc5o4)cc3n(-c3cccc(-c4ccccn4)c3)c12. The molecule has 0 spiro atoms. The Morgan fingerprint density at radius 1 is 0.700 bits per heavy atom. The minimum Gasteiger partial charge on any atom is -0.436 e. The van der Waals surface area contributed by atoms with Gasteiger partial charge in [-0.25, -0.2) is 9.97 Å². The largest absolute Gasteiger partial charge is 0.436 e. The second-order valence-corrected chi connectivity index (χ2v) is 9.88. The van der Waals surface area contributed by atoms with Crippen LogP contribution in [0.2, 0.25) is 0 Å². The third kappa shape index (κ3) is 3.47. The van der Waals surface area contributed by atoms with Crippen LogP contribution in [0.25, 0.3) is 72.7 Å². The highest BCUT2D eigenvalue weighted by Crippen LogP contribution is 2.39. The average Bonchev–Trinajstić information content (AvgIpc) is 3.72. The molecule has 0 amide bonds. The Morgan fingerprint density at radius 3 is 2.45 bits per heavy atom. The summed E-state index contributed by atoms with van der Waals surface area (Å²) in [5.74, 6) is 1.51. The molecule has 6 nitrogen and oxygen atoms in total. The molecule has 8 aromatic rings. The first-order valence-corrected chi connectivity index (χ1v) is 13.2. The third-order valence-corrected chi connectivity index (χ3v) is 7.46. The van der Waals surface area contributed by atoms with Gasteiger partial charge in [-0.15, -0.1) is 0 Å². The number of benzene rings is 4. The van der Waals surface area contributed by atoms with Gasteiger partial charge in [0.05, 0.1) is 16.7 Å². The summed E-state index contributed by atoms with van der Waals surface area (Å²) in [5, 5.41) is 2.30. The number of aryl methyl sites for hydroxylation is 1. The molecular weight excluding hydrogens is 494 g/mol. The van der Waals surface area contributed by atoms with Gasteiger partial charge in [0.15, 0.2) is 5.58 Å². The van der Waals surface area contributed by atoms with Crippen LogP contribution in [-0.4, -0.2) is 24.1 Å². The number of nitrogens with zero attached hydrogens (tertiary/aromatic N) is 5. The average molecular weight is 518 g/mol. The summed E-state index contributed by atoms with van der Waals surface area (Å²) >= 11 is 0. The summed E-state index contributed by atoms with van der Waals surface area (Å²) in [6.45, 7) is 0. The van der Waals surface area contributed by atoms with Crippen molar-refractivity contribution in [2.75, 3.05) is 0 Å². The van der Waals surface area contributed by atoms with Crippen LogP contribution in [0, 0.1) is 0 Å². The topological polar surface area (TPSA) is 61.7 Å². The molecule has 0 atom stereocenters. The van der Waals surface area contributed by atoms with Gasteiger partial charge in [0.2, 0.25) is 5.89 Å². The molecule has 0 aliphatic rings. The maximum atomic E-state index is 6.16. The Hall–Kier alpha value is -5.49. The van der Waals surface area contributed by atoms with Crippen LogP contribution in [0.4, 0.5) is 0 Å². The smallest absolute Gasteiger partial charge is 0.227 e. The van der Waals surface area contributed by atoms with Crippen molar-refractivity contribution >= 4 is 32.9 Å². The number of aromatic nitrogens is 5. The fraction of sp³-hybridized carbons (Fsp3) is 0.0294. The van der Waals surface area contributed by atoms with E-state index >= 15 is 0 Å². The monoisotopic (exact) mass is 517 g/mol. The first-order chi connectivity index (χ1) is 19.7. The van der Waals surface area contributed by atoms with Gasteiger partial charge < -0.3 is 13.6 Å². The highest BCUT2D eigenvalue weighted by molar-refractivity contribution is 6.14. The zero-order valence-corrected chi connectivity index (χ0v) is 21.7. The number of fused-ring (bicyclic) bond motifs is 4. The van der Waals surface area contributed by atoms with Gasteiger partial charge in [0, 0.05) is 58.8 Å². The van der Waals surface area contributed by atoms with E-state index in [2.05, 4.69) is 74.8 Å². The summed E-state index contributed by atoms with van der Waals surface area (Å²) in [7, 11) is 2.03. The molecule has 0 saturated heterocycles. The van der Waals surface area contributed by atoms with E-state index in [0.29, 0.717) is 5.89 Å². The molecule has 4 heterocycles. The molecule has 40 heavy (non-hydrogen) atoms. The van der Waals surface area contributed by atoms with Crippen LogP contribution in [0.3, 0.4) is 0 Å². The number of oxazole rings is 1. The molecule has 0 bridgehead atoms. The molecule has 4 aromatic heterocycles. The van der Waals surface area contributed by atoms with Crippen molar-refractivity contribution in [3.8, 4) is 39.8 Å². The summed E-state index contributed by atoms with van der Waals surface area (Å²) < 4.78 is 10.5. The lowest BCUT2D eigenvalue weighted by Gasteiger charge is -2.13. The van der Waals surface area contributed by atoms with Crippen LogP contribution in [0.15, 0.2) is 126 Å². The molecule has 190 valence electrons. The van der Waals surface area contributed by atoms with E-state index in [1.165, 1.54) is 0 Å². The van der Waals surface area contributed by atoms with Gasteiger partial charge in [-0.2, -0.15) is 0 Å². The van der Waals surface area contributed by atoms with Gasteiger partial charge in [-0.1, -0.05) is 48.5 Å². The summed E-state index contributed by atoms with van der Waals surface area (Å²) in [4.78, 5) is 14.1.